The summed E-state index contributed by atoms with van der Waals surface area (Å²) in [6.45, 7) is 6.20. The molecular weight excluding hydrogens is 212 g/mol. The molecule has 2 N–H and O–H groups in total. The summed E-state index contributed by atoms with van der Waals surface area (Å²) in [5.41, 5.74) is 2.97. The van der Waals surface area contributed by atoms with Crippen molar-refractivity contribution < 1.29 is 10.2 Å². The van der Waals surface area contributed by atoms with Gasteiger partial charge in [0, 0.05) is 5.56 Å². The molecule has 0 atom stereocenters. The summed E-state index contributed by atoms with van der Waals surface area (Å²) in [4.78, 5) is 0. The molecule has 17 heavy (non-hydrogen) atoms. The lowest BCUT2D eigenvalue weighted by Gasteiger charge is -2.14. The zero-order valence-corrected chi connectivity index (χ0v) is 11.2. The van der Waals surface area contributed by atoms with Crippen LogP contribution in [0.25, 0.3) is 0 Å². The highest BCUT2D eigenvalue weighted by atomic mass is 16.3. The van der Waals surface area contributed by atoms with Crippen LogP contribution in [0.4, 0.5) is 0 Å². The lowest BCUT2D eigenvalue weighted by Crippen LogP contribution is -1.97. The average molecular weight is 236 g/mol. The second kappa shape index (κ2) is 6.53. The van der Waals surface area contributed by atoms with E-state index in [0.717, 1.165) is 36.8 Å². The number of phenols is 2. The van der Waals surface area contributed by atoms with E-state index in [1.54, 1.807) is 0 Å². The number of rotatable bonds is 6. The molecule has 0 saturated carbocycles. The van der Waals surface area contributed by atoms with E-state index >= 15 is 0 Å². The van der Waals surface area contributed by atoms with Crippen molar-refractivity contribution in [1.29, 1.82) is 0 Å². The molecule has 0 saturated heterocycles. The van der Waals surface area contributed by atoms with Crippen molar-refractivity contribution in [2.75, 3.05) is 0 Å². The molecule has 1 aromatic carbocycles. The van der Waals surface area contributed by atoms with E-state index in [4.69, 9.17) is 0 Å². The summed E-state index contributed by atoms with van der Waals surface area (Å²) in [6.07, 6.45) is 6.09. The first kappa shape index (κ1) is 13.9. The highest BCUT2D eigenvalue weighted by Crippen LogP contribution is 2.36. The van der Waals surface area contributed by atoms with Gasteiger partial charge in [-0.05, 0) is 36.8 Å². The SMILES string of the molecule is CCCCCc1cc(CC)c(O)c(O)c1CC. The van der Waals surface area contributed by atoms with Gasteiger partial charge in [-0.25, -0.2) is 0 Å². The standard InChI is InChI=1S/C15H24O2/c1-4-7-8-9-12-10-11(5-2)14(16)15(17)13(12)6-3/h10,16-17H,4-9H2,1-3H3. The molecule has 1 rings (SSSR count). The minimum absolute atomic E-state index is 0.0728. The maximum absolute atomic E-state index is 10.00. The second-order valence-electron chi connectivity index (χ2n) is 4.53. The summed E-state index contributed by atoms with van der Waals surface area (Å²) < 4.78 is 0. The Kier molecular flexibility index (Phi) is 5.33. The number of aromatic hydroxyl groups is 2. The summed E-state index contributed by atoms with van der Waals surface area (Å²) >= 11 is 0. The van der Waals surface area contributed by atoms with Crippen LogP contribution >= 0.6 is 0 Å². The van der Waals surface area contributed by atoms with Crippen LogP contribution in [-0.4, -0.2) is 10.2 Å². The first-order chi connectivity index (χ1) is 8.15. The highest BCUT2D eigenvalue weighted by Gasteiger charge is 2.14. The summed E-state index contributed by atoms with van der Waals surface area (Å²) in [7, 11) is 0. The fourth-order valence-electron chi connectivity index (χ4n) is 2.27. The highest BCUT2D eigenvalue weighted by molar-refractivity contribution is 5.54. The maximum Gasteiger partial charge on any atom is 0.161 e. The van der Waals surface area contributed by atoms with Crippen molar-refractivity contribution in [3.63, 3.8) is 0 Å². The van der Waals surface area contributed by atoms with Crippen LogP contribution in [0.15, 0.2) is 6.07 Å². The Labute approximate surface area is 104 Å². The average Bonchev–Trinajstić information content (AvgIpc) is 2.34. The predicted molar refractivity (Wildman–Crippen MR) is 71.8 cm³/mol. The molecule has 0 amide bonds. The lowest BCUT2D eigenvalue weighted by molar-refractivity contribution is 0.395. The first-order valence-electron chi connectivity index (χ1n) is 6.71. The molecule has 2 heteroatoms. The van der Waals surface area contributed by atoms with Gasteiger partial charge in [-0.2, -0.15) is 0 Å². The zero-order chi connectivity index (χ0) is 12.8. The number of aryl methyl sites for hydroxylation is 2. The van der Waals surface area contributed by atoms with Gasteiger partial charge in [0.15, 0.2) is 11.5 Å². The fraction of sp³-hybridized carbons (Fsp3) is 0.600. The van der Waals surface area contributed by atoms with E-state index in [1.807, 2.05) is 13.8 Å². The quantitative estimate of drug-likeness (QED) is 0.580. The molecule has 2 nitrogen and oxygen atoms in total. The van der Waals surface area contributed by atoms with E-state index in [2.05, 4.69) is 13.0 Å². The molecule has 0 aliphatic rings. The van der Waals surface area contributed by atoms with Crippen LogP contribution in [0.1, 0.15) is 56.7 Å². The van der Waals surface area contributed by atoms with Gasteiger partial charge >= 0.3 is 0 Å². The van der Waals surface area contributed by atoms with Crippen molar-refractivity contribution in [2.45, 2.75) is 59.3 Å². The van der Waals surface area contributed by atoms with E-state index < -0.39 is 0 Å². The second-order valence-corrected chi connectivity index (χ2v) is 4.53. The number of hydrogen-bond donors (Lipinski definition) is 2. The molecule has 0 fully saturated rings. The number of hydrogen-bond acceptors (Lipinski definition) is 2. The minimum Gasteiger partial charge on any atom is -0.504 e. The molecule has 0 aromatic heterocycles. The van der Waals surface area contributed by atoms with Gasteiger partial charge in [-0.15, -0.1) is 0 Å². The molecule has 0 spiro atoms. The van der Waals surface area contributed by atoms with Crippen molar-refractivity contribution >= 4 is 0 Å². The van der Waals surface area contributed by atoms with Gasteiger partial charge < -0.3 is 10.2 Å². The fourth-order valence-corrected chi connectivity index (χ4v) is 2.27. The third kappa shape index (κ3) is 3.15. The minimum atomic E-state index is 0.0728. The Balaban J connectivity index is 3.04. The van der Waals surface area contributed by atoms with E-state index in [0.29, 0.717) is 0 Å². The zero-order valence-electron chi connectivity index (χ0n) is 11.2. The Morgan fingerprint density at radius 3 is 2.12 bits per heavy atom. The van der Waals surface area contributed by atoms with Crippen LogP contribution in [0.3, 0.4) is 0 Å². The molecule has 1 aromatic rings. The van der Waals surface area contributed by atoms with Crippen molar-refractivity contribution in [1.82, 2.24) is 0 Å². The van der Waals surface area contributed by atoms with Crippen LogP contribution in [0, 0.1) is 0 Å². The van der Waals surface area contributed by atoms with E-state index in [1.165, 1.54) is 18.4 Å². The molecular formula is C15H24O2. The monoisotopic (exact) mass is 236 g/mol. The summed E-state index contributed by atoms with van der Waals surface area (Å²) in [5.74, 6) is 0.168. The van der Waals surface area contributed by atoms with Gasteiger partial charge in [-0.1, -0.05) is 39.7 Å². The van der Waals surface area contributed by atoms with E-state index in [9.17, 15) is 10.2 Å². The van der Waals surface area contributed by atoms with Crippen LogP contribution in [0.2, 0.25) is 0 Å². The Morgan fingerprint density at radius 2 is 1.59 bits per heavy atom. The lowest BCUT2D eigenvalue weighted by atomic mass is 9.94. The topological polar surface area (TPSA) is 40.5 Å². The third-order valence-corrected chi connectivity index (χ3v) is 3.33. The number of benzene rings is 1. The maximum atomic E-state index is 10.00. The normalized spacial score (nSPS) is 10.8. The molecule has 0 bridgehead atoms. The summed E-state index contributed by atoms with van der Waals surface area (Å²) in [5, 5.41) is 19.9. The van der Waals surface area contributed by atoms with Crippen molar-refractivity contribution in [3.8, 4) is 11.5 Å². The van der Waals surface area contributed by atoms with Crippen molar-refractivity contribution in [2.24, 2.45) is 0 Å². The van der Waals surface area contributed by atoms with E-state index in [-0.39, 0.29) is 11.5 Å². The van der Waals surface area contributed by atoms with Gasteiger partial charge in [-0.3, -0.25) is 0 Å². The number of phenolic OH excluding ortho intramolecular Hbond substituents is 2. The molecule has 0 unspecified atom stereocenters. The predicted octanol–water partition coefficient (Wildman–Crippen LogP) is 3.96. The number of unbranched alkanes of at least 4 members (excludes halogenated alkanes) is 2. The van der Waals surface area contributed by atoms with Gasteiger partial charge in [0.05, 0.1) is 0 Å². The molecule has 0 heterocycles. The smallest absolute Gasteiger partial charge is 0.161 e. The molecule has 0 aliphatic carbocycles. The van der Waals surface area contributed by atoms with Gasteiger partial charge in [0.1, 0.15) is 0 Å². The Morgan fingerprint density at radius 1 is 0.882 bits per heavy atom. The van der Waals surface area contributed by atoms with Crippen LogP contribution < -0.4 is 0 Å². The molecule has 0 radical (unpaired) electrons. The molecule has 0 aliphatic heterocycles. The van der Waals surface area contributed by atoms with Crippen LogP contribution in [0.5, 0.6) is 11.5 Å². The Bertz CT molecular complexity index is 370. The third-order valence-electron chi connectivity index (χ3n) is 3.33. The first-order valence-corrected chi connectivity index (χ1v) is 6.71. The van der Waals surface area contributed by atoms with Crippen molar-refractivity contribution in [3.05, 3.63) is 22.8 Å². The van der Waals surface area contributed by atoms with Gasteiger partial charge in [0.25, 0.3) is 0 Å². The summed E-state index contributed by atoms with van der Waals surface area (Å²) in [6, 6.07) is 2.06. The largest absolute Gasteiger partial charge is 0.504 e. The van der Waals surface area contributed by atoms with Crippen LogP contribution in [-0.2, 0) is 19.3 Å². The van der Waals surface area contributed by atoms with Gasteiger partial charge in [0.2, 0.25) is 0 Å². The Hall–Kier alpha value is -1.18. The molecule has 96 valence electrons.